The van der Waals surface area contributed by atoms with Gasteiger partial charge in [-0.1, -0.05) is 55.9 Å². The van der Waals surface area contributed by atoms with E-state index in [9.17, 15) is 14.9 Å². The summed E-state index contributed by atoms with van der Waals surface area (Å²) in [7, 11) is 1.58. The third kappa shape index (κ3) is 5.14. The molecule has 0 fully saturated rings. The van der Waals surface area contributed by atoms with Gasteiger partial charge in [-0.25, -0.2) is 4.98 Å². The lowest BCUT2D eigenvalue weighted by atomic mass is 9.97. The van der Waals surface area contributed by atoms with Crippen LogP contribution in [0.5, 0.6) is 5.75 Å². The molecule has 4 rings (SSSR count). The molecule has 0 saturated carbocycles. The Morgan fingerprint density at radius 3 is 2.66 bits per heavy atom. The molecule has 1 aromatic heterocycles. The third-order valence-electron chi connectivity index (χ3n) is 5.85. The van der Waals surface area contributed by atoms with Crippen molar-refractivity contribution in [1.29, 1.82) is 0 Å². The fourth-order valence-corrected chi connectivity index (χ4v) is 4.70. The number of rotatable bonds is 9. The molecule has 35 heavy (non-hydrogen) atoms. The maximum Gasteiger partial charge on any atom is 0.271 e. The second kappa shape index (κ2) is 10.6. The zero-order valence-electron chi connectivity index (χ0n) is 19.7. The number of hydrogen-bond donors (Lipinski definition) is 1. The van der Waals surface area contributed by atoms with E-state index in [4.69, 9.17) is 4.74 Å². The highest BCUT2D eigenvalue weighted by Gasteiger charge is 2.20. The molecule has 0 aliphatic rings. The number of nitrogens with zero attached hydrogens (tertiary/aromatic N) is 3. The first-order valence-corrected chi connectivity index (χ1v) is 12.2. The molecule has 0 aliphatic heterocycles. The average molecular weight is 491 g/mol. The molecule has 0 radical (unpaired) electrons. The minimum absolute atomic E-state index is 0.0434. The van der Waals surface area contributed by atoms with Gasteiger partial charge in [-0.15, -0.1) is 0 Å². The van der Waals surface area contributed by atoms with Crippen LogP contribution in [-0.4, -0.2) is 33.2 Å². The van der Waals surface area contributed by atoms with Crippen LogP contribution < -0.4 is 10.1 Å². The summed E-state index contributed by atoms with van der Waals surface area (Å²) in [5, 5.41) is 14.8. The molecule has 0 saturated heterocycles. The first-order valence-electron chi connectivity index (χ1n) is 11.2. The van der Waals surface area contributed by atoms with Crippen molar-refractivity contribution in [1.82, 2.24) is 9.55 Å². The lowest BCUT2D eigenvalue weighted by Crippen LogP contribution is -2.16. The normalized spacial score (nSPS) is 11.9. The van der Waals surface area contributed by atoms with E-state index in [0.717, 1.165) is 23.4 Å². The van der Waals surface area contributed by atoms with E-state index in [1.54, 1.807) is 13.2 Å². The molecule has 4 aromatic rings. The van der Waals surface area contributed by atoms with Crippen molar-refractivity contribution < 1.29 is 14.5 Å². The maximum absolute atomic E-state index is 12.9. The smallest absolute Gasteiger partial charge is 0.271 e. The number of non-ortho nitro benzene ring substituents is 1. The number of nitrogens with one attached hydrogen (secondary N) is 1. The van der Waals surface area contributed by atoms with Gasteiger partial charge in [0.2, 0.25) is 5.91 Å². The lowest BCUT2D eigenvalue weighted by molar-refractivity contribution is -0.384. The van der Waals surface area contributed by atoms with Gasteiger partial charge in [0.25, 0.3) is 5.69 Å². The molecule has 3 aromatic carbocycles. The van der Waals surface area contributed by atoms with E-state index in [1.165, 1.54) is 23.9 Å². The predicted octanol–water partition coefficient (Wildman–Crippen LogP) is 6.19. The van der Waals surface area contributed by atoms with E-state index in [2.05, 4.69) is 24.1 Å². The number of methoxy groups -OCH3 is 1. The summed E-state index contributed by atoms with van der Waals surface area (Å²) < 4.78 is 7.40. The molecule has 9 heteroatoms. The Labute approximate surface area is 207 Å². The van der Waals surface area contributed by atoms with Crippen molar-refractivity contribution in [2.45, 2.75) is 31.3 Å². The van der Waals surface area contributed by atoms with Crippen molar-refractivity contribution in [2.75, 3.05) is 18.2 Å². The maximum atomic E-state index is 12.9. The van der Waals surface area contributed by atoms with E-state index >= 15 is 0 Å². The van der Waals surface area contributed by atoms with Crippen LogP contribution in [-0.2, 0) is 4.79 Å². The first-order chi connectivity index (χ1) is 16.9. The highest BCUT2D eigenvalue weighted by Crippen LogP contribution is 2.34. The van der Waals surface area contributed by atoms with Gasteiger partial charge in [0.15, 0.2) is 5.16 Å². The van der Waals surface area contributed by atoms with E-state index < -0.39 is 4.92 Å². The monoisotopic (exact) mass is 490 g/mol. The zero-order valence-corrected chi connectivity index (χ0v) is 20.5. The second-order valence-electron chi connectivity index (χ2n) is 8.07. The van der Waals surface area contributed by atoms with Gasteiger partial charge in [0.05, 0.1) is 34.5 Å². The molecule has 0 aliphatic carbocycles. The van der Waals surface area contributed by atoms with Gasteiger partial charge in [-0.05, 0) is 42.2 Å². The molecule has 1 heterocycles. The van der Waals surface area contributed by atoms with Crippen LogP contribution in [0.15, 0.2) is 71.9 Å². The molecule has 0 spiro atoms. The molecular formula is C26H26N4O4S. The van der Waals surface area contributed by atoms with Gasteiger partial charge < -0.3 is 10.1 Å². The largest absolute Gasteiger partial charge is 0.495 e. The Kier molecular flexibility index (Phi) is 7.36. The number of imidazole rings is 1. The topological polar surface area (TPSA) is 99.3 Å². The number of hydrogen-bond acceptors (Lipinski definition) is 6. The third-order valence-corrected chi connectivity index (χ3v) is 6.79. The van der Waals surface area contributed by atoms with Crippen LogP contribution in [0, 0.1) is 10.1 Å². The number of thioether (sulfide) groups is 1. The Morgan fingerprint density at radius 2 is 1.91 bits per heavy atom. The quantitative estimate of drug-likeness (QED) is 0.171. The number of para-hydroxylation sites is 3. The summed E-state index contributed by atoms with van der Waals surface area (Å²) in [6.07, 6.45) is 0.969. The van der Waals surface area contributed by atoms with Crippen molar-refractivity contribution >= 4 is 40.1 Å². The SMILES string of the molecule is CC[C@H](C)c1ccccc1NC(=O)CSc1nc2cc([N+](=O)[O-])ccc2n1-c1ccccc1OC. The van der Waals surface area contributed by atoms with E-state index in [1.807, 2.05) is 53.1 Å². The fraction of sp³-hybridized carbons (Fsp3) is 0.231. The van der Waals surface area contributed by atoms with Gasteiger partial charge in [0.1, 0.15) is 5.75 Å². The highest BCUT2D eigenvalue weighted by molar-refractivity contribution is 7.99. The molecule has 1 amide bonds. The number of nitro benzene ring substituents is 1. The minimum Gasteiger partial charge on any atom is -0.495 e. The van der Waals surface area contributed by atoms with Crippen LogP contribution in [0.4, 0.5) is 11.4 Å². The number of aromatic nitrogens is 2. The molecule has 180 valence electrons. The average Bonchev–Trinajstić information content (AvgIpc) is 3.24. The predicted molar refractivity (Wildman–Crippen MR) is 139 cm³/mol. The van der Waals surface area contributed by atoms with Gasteiger partial charge in [0, 0.05) is 17.8 Å². The molecular weight excluding hydrogens is 464 g/mol. The van der Waals surface area contributed by atoms with Crippen LogP contribution in [0.3, 0.4) is 0 Å². The summed E-state index contributed by atoms with van der Waals surface area (Å²) in [5.74, 6) is 0.911. The highest BCUT2D eigenvalue weighted by atomic mass is 32.2. The Bertz CT molecular complexity index is 1390. The van der Waals surface area contributed by atoms with Gasteiger partial charge in [-0.2, -0.15) is 0 Å². The van der Waals surface area contributed by atoms with Crippen LogP contribution in [0.2, 0.25) is 0 Å². The van der Waals surface area contributed by atoms with Crippen molar-refractivity contribution in [3.8, 4) is 11.4 Å². The summed E-state index contributed by atoms with van der Waals surface area (Å²) in [6.45, 7) is 4.25. The van der Waals surface area contributed by atoms with E-state index in [0.29, 0.717) is 27.9 Å². The lowest BCUT2D eigenvalue weighted by Gasteiger charge is -2.16. The fourth-order valence-electron chi connectivity index (χ4n) is 3.88. The number of fused-ring (bicyclic) bond motifs is 1. The van der Waals surface area contributed by atoms with Crippen molar-refractivity contribution in [2.24, 2.45) is 0 Å². The Morgan fingerprint density at radius 1 is 1.17 bits per heavy atom. The molecule has 0 bridgehead atoms. The van der Waals surface area contributed by atoms with Gasteiger partial charge >= 0.3 is 0 Å². The van der Waals surface area contributed by atoms with Crippen LogP contribution >= 0.6 is 11.8 Å². The van der Waals surface area contributed by atoms with Crippen LogP contribution in [0.1, 0.15) is 31.7 Å². The number of nitro groups is 1. The summed E-state index contributed by atoms with van der Waals surface area (Å²) in [5.41, 5.74) is 3.75. The number of ether oxygens (including phenoxy) is 1. The van der Waals surface area contributed by atoms with Crippen molar-refractivity contribution in [3.05, 3.63) is 82.4 Å². The van der Waals surface area contributed by atoms with Crippen LogP contribution in [0.25, 0.3) is 16.7 Å². The Hall–Kier alpha value is -3.85. The van der Waals surface area contributed by atoms with Crippen molar-refractivity contribution in [3.63, 3.8) is 0 Å². The summed E-state index contributed by atoms with van der Waals surface area (Å²) in [6, 6.07) is 19.8. The van der Waals surface area contributed by atoms with Gasteiger partial charge in [-0.3, -0.25) is 19.5 Å². The number of benzene rings is 3. The first kappa shape index (κ1) is 24.3. The number of amides is 1. The minimum atomic E-state index is -0.448. The zero-order chi connectivity index (χ0) is 24.9. The summed E-state index contributed by atoms with van der Waals surface area (Å²) >= 11 is 1.26. The standard InChI is InChI=1S/C26H26N4O4S/c1-4-17(2)19-9-5-6-10-20(19)27-25(31)16-35-26-28-21-15-18(30(32)33)13-14-22(21)29(26)23-11-7-8-12-24(23)34-3/h5-15,17H,4,16H2,1-3H3,(H,27,31)/t17-/m0/s1. The van der Waals surface area contributed by atoms with E-state index in [-0.39, 0.29) is 17.3 Å². The molecule has 1 atom stereocenters. The number of anilines is 1. The number of carbonyl (C=O) groups is 1. The molecule has 0 unspecified atom stereocenters. The Balaban J connectivity index is 1.66. The molecule has 8 nitrogen and oxygen atoms in total. The molecule has 1 N–H and O–H groups in total. The number of carbonyl (C=O) groups excluding carboxylic acids is 1. The second-order valence-corrected chi connectivity index (χ2v) is 9.01. The summed E-state index contributed by atoms with van der Waals surface area (Å²) in [4.78, 5) is 28.4.